The number of ether oxygens (including phenoxy) is 1. The first kappa shape index (κ1) is 14.0. The number of nitrogens with zero attached hydrogens (tertiary/aromatic N) is 1. The third-order valence-corrected chi connectivity index (χ3v) is 3.53. The molecule has 104 valence electrons. The third-order valence-electron chi connectivity index (χ3n) is 3.53. The van der Waals surface area contributed by atoms with Crippen molar-refractivity contribution in [1.82, 2.24) is 0 Å². The lowest BCUT2D eigenvalue weighted by molar-refractivity contribution is -0.176. The maximum absolute atomic E-state index is 10.5. The summed E-state index contributed by atoms with van der Waals surface area (Å²) in [6, 6.07) is 9.10. The van der Waals surface area contributed by atoms with Gasteiger partial charge in [0.25, 0.3) is 0 Å². The van der Waals surface area contributed by atoms with E-state index in [1.807, 2.05) is 18.2 Å². The molecule has 0 aliphatic heterocycles. The molecule has 2 N–H and O–H groups in total. The molecule has 1 atom stereocenters. The molecule has 0 amide bonds. The zero-order chi connectivity index (χ0) is 13.7. The highest BCUT2D eigenvalue weighted by Gasteiger charge is 2.34. The minimum absolute atomic E-state index is 0.0317. The Kier molecular flexibility index (Phi) is 4.56. The van der Waals surface area contributed by atoms with Gasteiger partial charge in [-0.05, 0) is 19.8 Å². The third kappa shape index (κ3) is 3.55. The summed E-state index contributed by atoms with van der Waals surface area (Å²) in [4.78, 5) is 0. The molecule has 2 rings (SSSR count). The highest BCUT2D eigenvalue weighted by atomic mass is 16.6. The van der Waals surface area contributed by atoms with E-state index in [9.17, 15) is 10.3 Å². The number of hydrogen-bond donors (Lipinski definition) is 2. The minimum atomic E-state index is -1.57. The normalized spacial score (nSPS) is 21.1. The van der Waals surface area contributed by atoms with E-state index in [-0.39, 0.29) is 11.8 Å². The maximum Gasteiger partial charge on any atom is 0.211 e. The van der Waals surface area contributed by atoms with Gasteiger partial charge in [-0.1, -0.05) is 54.8 Å². The van der Waals surface area contributed by atoms with Crippen LogP contribution in [0.2, 0.25) is 0 Å². The van der Waals surface area contributed by atoms with E-state index in [0.29, 0.717) is 5.56 Å². The van der Waals surface area contributed by atoms with Crippen LogP contribution in [0.15, 0.2) is 35.5 Å². The Morgan fingerprint density at radius 1 is 1.21 bits per heavy atom. The number of oxime groups is 1. The predicted molar refractivity (Wildman–Crippen MR) is 73.3 cm³/mol. The zero-order valence-corrected chi connectivity index (χ0v) is 11.2. The average molecular weight is 263 g/mol. The topological polar surface area (TPSA) is 62.0 Å². The van der Waals surface area contributed by atoms with Gasteiger partial charge in [0.15, 0.2) is 0 Å². The van der Waals surface area contributed by atoms with Crippen molar-refractivity contribution in [1.29, 1.82) is 0 Å². The second kappa shape index (κ2) is 6.17. The molecule has 1 saturated carbocycles. The molecule has 1 aliphatic carbocycles. The summed E-state index contributed by atoms with van der Waals surface area (Å²) < 4.78 is 5.75. The van der Waals surface area contributed by atoms with Gasteiger partial charge in [0.05, 0.1) is 6.10 Å². The van der Waals surface area contributed by atoms with E-state index in [1.165, 1.54) is 13.3 Å². The van der Waals surface area contributed by atoms with Crippen molar-refractivity contribution in [3.8, 4) is 0 Å². The number of benzene rings is 1. The molecule has 1 aromatic carbocycles. The van der Waals surface area contributed by atoms with E-state index in [1.54, 1.807) is 12.1 Å². The second-order valence-electron chi connectivity index (χ2n) is 5.18. The Hall–Kier alpha value is -1.39. The Balaban J connectivity index is 2.12. The van der Waals surface area contributed by atoms with Gasteiger partial charge in [-0.2, -0.15) is 0 Å². The van der Waals surface area contributed by atoms with E-state index in [0.717, 1.165) is 25.7 Å². The quantitative estimate of drug-likeness (QED) is 0.380. The van der Waals surface area contributed by atoms with E-state index >= 15 is 0 Å². The van der Waals surface area contributed by atoms with Crippen molar-refractivity contribution in [2.24, 2.45) is 5.16 Å². The maximum atomic E-state index is 10.5. The fourth-order valence-corrected chi connectivity index (χ4v) is 2.58. The molecule has 1 aromatic rings. The molecule has 0 spiro atoms. The number of aliphatic hydroxyl groups is 1. The van der Waals surface area contributed by atoms with Gasteiger partial charge >= 0.3 is 0 Å². The van der Waals surface area contributed by atoms with Gasteiger partial charge in [0.2, 0.25) is 5.79 Å². The molecular formula is C15H21NO3. The molecule has 0 radical (unpaired) electrons. The summed E-state index contributed by atoms with van der Waals surface area (Å²) in [7, 11) is 0. The molecule has 1 aliphatic rings. The Labute approximate surface area is 113 Å². The van der Waals surface area contributed by atoms with Gasteiger partial charge in [0, 0.05) is 5.56 Å². The van der Waals surface area contributed by atoms with Crippen LogP contribution in [-0.2, 0) is 4.74 Å². The molecule has 19 heavy (non-hydrogen) atoms. The SMILES string of the molecule is CC(O)(OC1CCCCC1)C(=NO)c1ccccc1. The van der Waals surface area contributed by atoms with Crippen LogP contribution in [0, 0.1) is 0 Å². The highest BCUT2D eigenvalue weighted by molar-refractivity contribution is 6.04. The summed E-state index contributed by atoms with van der Waals surface area (Å²) in [5, 5.41) is 22.9. The predicted octanol–water partition coefficient (Wildman–Crippen LogP) is 2.92. The second-order valence-corrected chi connectivity index (χ2v) is 5.18. The van der Waals surface area contributed by atoms with Crippen LogP contribution in [-0.4, -0.2) is 27.9 Å². The van der Waals surface area contributed by atoms with Crippen molar-refractivity contribution in [2.45, 2.75) is 50.9 Å². The lowest BCUT2D eigenvalue weighted by Crippen LogP contribution is -2.42. The molecule has 0 aromatic heterocycles. The fraction of sp³-hybridized carbons (Fsp3) is 0.533. The molecule has 0 saturated heterocycles. The molecular weight excluding hydrogens is 242 g/mol. The zero-order valence-electron chi connectivity index (χ0n) is 11.2. The van der Waals surface area contributed by atoms with Gasteiger partial charge < -0.3 is 15.1 Å². The summed E-state index contributed by atoms with van der Waals surface area (Å²) in [5.41, 5.74) is 0.810. The van der Waals surface area contributed by atoms with Crippen LogP contribution in [0.5, 0.6) is 0 Å². The minimum Gasteiger partial charge on any atom is -0.410 e. The smallest absolute Gasteiger partial charge is 0.211 e. The van der Waals surface area contributed by atoms with Crippen LogP contribution in [0.1, 0.15) is 44.6 Å². The van der Waals surface area contributed by atoms with Crippen LogP contribution in [0.4, 0.5) is 0 Å². The van der Waals surface area contributed by atoms with Gasteiger partial charge in [-0.3, -0.25) is 0 Å². The lowest BCUT2D eigenvalue weighted by Gasteiger charge is -2.32. The molecule has 4 nitrogen and oxygen atoms in total. The fourth-order valence-electron chi connectivity index (χ4n) is 2.58. The van der Waals surface area contributed by atoms with Crippen molar-refractivity contribution in [3.05, 3.63) is 35.9 Å². The summed E-state index contributed by atoms with van der Waals surface area (Å²) in [6.07, 6.45) is 5.40. The van der Waals surface area contributed by atoms with Crippen LogP contribution in [0.3, 0.4) is 0 Å². The molecule has 1 unspecified atom stereocenters. The van der Waals surface area contributed by atoms with Crippen molar-refractivity contribution < 1.29 is 15.1 Å². The lowest BCUT2D eigenvalue weighted by atomic mass is 9.96. The first-order chi connectivity index (χ1) is 9.13. The Morgan fingerprint density at radius 2 is 1.84 bits per heavy atom. The largest absolute Gasteiger partial charge is 0.410 e. The first-order valence-electron chi connectivity index (χ1n) is 6.81. The first-order valence-corrected chi connectivity index (χ1v) is 6.81. The monoisotopic (exact) mass is 263 g/mol. The van der Waals surface area contributed by atoms with Crippen molar-refractivity contribution in [2.75, 3.05) is 0 Å². The van der Waals surface area contributed by atoms with Crippen molar-refractivity contribution in [3.63, 3.8) is 0 Å². The molecule has 0 heterocycles. The van der Waals surface area contributed by atoms with Crippen LogP contribution >= 0.6 is 0 Å². The van der Waals surface area contributed by atoms with E-state index in [2.05, 4.69) is 5.16 Å². The molecule has 1 fully saturated rings. The summed E-state index contributed by atoms with van der Waals surface area (Å²) in [5.74, 6) is -1.57. The number of hydrogen-bond acceptors (Lipinski definition) is 4. The standard InChI is InChI=1S/C15H21NO3/c1-15(17,19-13-10-6-3-7-11-13)14(16-18)12-8-4-2-5-9-12/h2,4-5,8-9,13,17-18H,3,6-7,10-11H2,1H3. The van der Waals surface area contributed by atoms with Gasteiger partial charge in [0.1, 0.15) is 5.71 Å². The van der Waals surface area contributed by atoms with Crippen LogP contribution in [0.25, 0.3) is 0 Å². The summed E-state index contributed by atoms with van der Waals surface area (Å²) in [6.45, 7) is 1.53. The Morgan fingerprint density at radius 3 is 2.42 bits per heavy atom. The van der Waals surface area contributed by atoms with E-state index in [4.69, 9.17) is 4.74 Å². The van der Waals surface area contributed by atoms with Gasteiger partial charge in [-0.15, -0.1) is 0 Å². The Bertz CT molecular complexity index is 422. The highest BCUT2D eigenvalue weighted by Crippen LogP contribution is 2.26. The van der Waals surface area contributed by atoms with Crippen molar-refractivity contribution >= 4 is 5.71 Å². The molecule has 0 bridgehead atoms. The van der Waals surface area contributed by atoms with E-state index < -0.39 is 5.79 Å². The molecule has 4 heteroatoms. The van der Waals surface area contributed by atoms with Crippen LogP contribution < -0.4 is 0 Å². The van der Waals surface area contributed by atoms with Gasteiger partial charge in [-0.25, -0.2) is 0 Å². The summed E-state index contributed by atoms with van der Waals surface area (Å²) >= 11 is 0. The number of rotatable bonds is 4. The average Bonchev–Trinajstić information content (AvgIpc) is 2.41.